The quantitative estimate of drug-likeness (QED) is 0.861. The zero-order chi connectivity index (χ0) is 15.5. The van der Waals surface area contributed by atoms with Crippen molar-refractivity contribution in [2.45, 2.75) is 23.1 Å². The Morgan fingerprint density at radius 1 is 1.14 bits per heavy atom. The summed E-state index contributed by atoms with van der Waals surface area (Å²) in [7, 11) is -3.61. The van der Waals surface area contributed by atoms with Crippen molar-refractivity contribution in [2.24, 2.45) is 0 Å². The zero-order valence-electron chi connectivity index (χ0n) is 11.6. The van der Waals surface area contributed by atoms with Gasteiger partial charge in [0.2, 0.25) is 9.84 Å². The Morgan fingerprint density at radius 2 is 1.76 bits per heavy atom. The van der Waals surface area contributed by atoms with E-state index in [-0.39, 0.29) is 15.5 Å². The van der Waals surface area contributed by atoms with Crippen molar-refractivity contribution in [2.75, 3.05) is 0 Å². The van der Waals surface area contributed by atoms with Gasteiger partial charge in [0, 0.05) is 0 Å². The minimum absolute atomic E-state index is 0.103. The SMILES string of the molecule is C=COc1ccc(S(=O)(=O)c2ccc(O)c(CC)c2)cc1. The maximum absolute atomic E-state index is 12.5. The largest absolute Gasteiger partial charge is 0.508 e. The number of aryl methyl sites for hydroxylation is 1. The van der Waals surface area contributed by atoms with E-state index in [0.29, 0.717) is 17.7 Å². The first kappa shape index (κ1) is 15.1. The van der Waals surface area contributed by atoms with Crippen LogP contribution in [0.25, 0.3) is 0 Å². The Hall–Kier alpha value is -2.27. The summed E-state index contributed by atoms with van der Waals surface area (Å²) < 4.78 is 30.1. The van der Waals surface area contributed by atoms with Crippen LogP contribution in [0.5, 0.6) is 11.5 Å². The highest BCUT2D eigenvalue weighted by Crippen LogP contribution is 2.27. The third-order valence-electron chi connectivity index (χ3n) is 3.10. The van der Waals surface area contributed by atoms with Crippen LogP contribution in [0.3, 0.4) is 0 Å². The molecule has 0 atom stereocenters. The molecule has 0 amide bonds. The number of phenolic OH excluding ortho intramolecular Hbond substituents is 1. The van der Waals surface area contributed by atoms with Gasteiger partial charge in [0.1, 0.15) is 11.5 Å². The van der Waals surface area contributed by atoms with E-state index in [2.05, 4.69) is 6.58 Å². The van der Waals surface area contributed by atoms with Gasteiger partial charge in [0.25, 0.3) is 0 Å². The van der Waals surface area contributed by atoms with Crippen LogP contribution in [0.2, 0.25) is 0 Å². The fourth-order valence-electron chi connectivity index (χ4n) is 1.94. The summed E-state index contributed by atoms with van der Waals surface area (Å²) in [6, 6.07) is 10.4. The summed E-state index contributed by atoms with van der Waals surface area (Å²) >= 11 is 0. The summed E-state index contributed by atoms with van der Waals surface area (Å²) in [6.45, 7) is 5.29. The van der Waals surface area contributed by atoms with Crippen LogP contribution in [0.4, 0.5) is 0 Å². The van der Waals surface area contributed by atoms with Crippen LogP contribution >= 0.6 is 0 Å². The molecule has 2 aromatic carbocycles. The minimum atomic E-state index is -3.61. The monoisotopic (exact) mass is 304 g/mol. The predicted octanol–water partition coefficient (Wildman–Crippen LogP) is 3.31. The van der Waals surface area contributed by atoms with Crippen molar-refractivity contribution in [3.63, 3.8) is 0 Å². The van der Waals surface area contributed by atoms with E-state index in [9.17, 15) is 13.5 Å². The Kier molecular flexibility index (Phi) is 4.33. The van der Waals surface area contributed by atoms with Crippen LogP contribution < -0.4 is 4.74 Å². The van der Waals surface area contributed by atoms with Crippen LogP contribution in [-0.2, 0) is 16.3 Å². The molecule has 0 unspecified atom stereocenters. The van der Waals surface area contributed by atoms with Crippen LogP contribution in [0.1, 0.15) is 12.5 Å². The van der Waals surface area contributed by atoms with Gasteiger partial charge in [-0.3, -0.25) is 0 Å². The molecule has 0 aromatic heterocycles. The lowest BCUT2D eigenvalue weighted by Gasteiger charge is -2.08. The molecule has 0 aliphatic rings. The van der Waals surface area contributed by atoms with Crippen molar-refractivity contribution in [3.8, 4) is 11.5 Å². The molecule has 0 saturated heterocycles. The summed E-state index contributed by atoms with van der Waals surface area (Å²) in [5.74, 6) is 0.620. The highest BCUT2D eigenvalue weighted by molar-refractivity contribution is 7.91. The standard InChI is InChI=1S/C16H16O4S/c1-3-12-11-15(9-10-16(12)17)21(18,19)14-7-5-13(6-8-14)20-4-2/h4-11,17H,2-3H2,1H3. The minimum Gasteiger partial charge on any atom is -0.508 e. The van der Waals surface area contributed by atoms with Crippen molar-refractivity contribution in [1.29, 1.82) is 0 Å². The number of benzene rings is 2. The van der Waals surface area contributed by atoms with Gasteiger partial charge in [-0.05, 0) is 54.4 Å². The second kappa shape index (κ2) is 6.01. The van der Waals surface area contributed by atoms with E-state index in [1.165, 1.54) is 36.6 Å². The second-order valence-electron chi connectivity index (χ2n) is 4.40. The predicted molar refractivity (Wildman–Crippen MR) is 80.2 cm³/mol. The molecule has 21 heavy (non-hydrogen) atoms. The van der Waals surface area contributed by atoms with Crippen molar-refractivity contribution in [3.05, 3.63) is 60.9 Å². The number of aromatic hydroxyl groups is 1. The maximum atomic E-state index is 12.5. The van der Waals surface area contributed by atoms with Gasteiger partial charge in [0.05, 0.1) is 16.1 Å². The van der Waals surface area contributed by atoms with E-state index in [1.807, 2.05) is 6.92 Å². The van der Waals surface area contributed by atoms with E-state index in [0.717, 1.165) is 0 Å². The molecule has 110 valence electrons. The molecule has 2 aromatic rings. The molecule has 0 radical (unpaired) electrons. The molecule has 0 fully saturated rings. The highest BCUT2D eigenvalue weighted by atomic mass is 32.2. The first-order chi connectivity index (χ1) is 9.98. The van der Waals surface area contributed by atoms with E-state index in [1.54, 1.807) is 12.1 Å². The molecule has 2 rings (SSSR count). The fourth-order valence-corrected chi connectivity index (χ4v) is 3.25. The number of ether oxygens (including phenoxy) is 1. The molecular formula is C16H16O4S. The van der Waals surface area contributed by atoms with Gasteiger partial charge < -0.3 is 9.84 Å². The molecule has 0 saturated carbocycles. The smallest absolute Gasteiger partial charge is 0.206 e. The van der Waals surface area contributed by atoms with Crippen LogP contribution in [0, 0.1) is 0 Å². The van der Waals surface area contributed by atoms with Crippen LogP contribution in [0.15, 0.2) is 65.1 Å². The first-order valence-electron chi connectivity index (χ1n) is 6.43. The van der Waals surface area contributed by atoms with E-state index < -0.39 is 9.84 Å². The number of hydrogen-bond donors (Lipinski definition) is 1. The van der Waals surface area contributed by atoms with Gasteiger partial charge >= 0.3 is 0 Å². The van der Waals surface area contributed by atoms with Gasteiger partial charge in [-0.25, -0.2) is 8.42 Å². The number of rotatable bonds is 5. The van der Waals surface area contributed by atoms with E-state index >= 15 is 0 Å². The first-order valence-corrected chi connectivity index (χ1v) is 7.92. The molecule has 0 heterocycles. The number of sulfone groups is 1. The maximum Gasteiger partial charge on any atom is 0.206 e. The third kappa shape index (κ3) is 3.08. The van der Waals surface area contributed by atoms with E-state index in [4.69, 9.17) is 4.74 Å². The van der Waals surface area contributed by atoms with Gasteiger partial charge in [-0.1, -0.05) is 13.5 Å². The second-order valence-corrected chi connectivity index (χ2v) is 6.35. The molecular weight excluding hydrogens is 288 g/mol. The molecule has 0 aliphatic heterocycles. The third-order valence-corrected chi connectivity index (χ3v) is 4.86. The molecule has 5 heteroatoms. The van der Waals surface area contributed by atoms with Crippen molar-refractivity contribution in [1.82, 2.24) is 0 Å². The number of hydrogen-bond acceptors (Lipinski definition) is 4. The molecule has 0 bridgehead atoms. The average Bonchev–Trinajstić information content (AvgIpc) is 2.48. The Labute approximate surface area is 124 Å². The molecule has 0 spiro atoms. The van der Waals surface area contributed by atoms with Crippen molar-refractivity contribution < 1.29 is 18.3 Å². The summed E-state index contributed by atoms with van der Waals surface area (Å²) in [5.41, 5.74) is 0.600. The fraction of sp³-hybridized carbons (Fsp3) is 0.125. The van der Waals surface area contributed by atoms with Crippen molar-refractivity contribution >= 4 is 9.84 Å². The normalized spacial score (nSPS) is 11.1. The highest BCUT2D eigenvalue weighted by Gasteiger charge is 2.18. The molecule has 4 nitrogen and oxygen atoms in total. The topological polar surface area (TPSA) is 63.6 Å². The summed E-state index contributed by atoms with van der Waals surface area (Å²) in [4.78, 5) is 0.334. The average molecular weight is 304 g/mol. The van der Waals surface area contributed by atoms with Gasteiger partial charge in [0.15, 0.2) is 0 Å². The molecule has 1 N–H and O–H groups in total. The lowest BCUT2D eigenvalue weighted by molar-refractivity contribution is 0.468. The Morgan fingerprint density at radius 3 is 2.33 bits per heavy atom. The molecule has 0 aliphatic carbocycles. The summed E-state index contributed by atoms with van der Waals surface area (Å²) in [5, 5.41) is 9.65. The lowest BCUT2D eigenvalue weighted by Crippen LogP contribution is -2.02. The lowest BCUT2D eigenvalue weighted by atomic mass is 10.1. The zero-order valence-corrected chi connectivity index (χ0v) is 12.4. The van der Waals surface area contributed by atoms with Gasteiger partial charge in [-0.15, -0.1) is 0 Å². The number of phenols is 1. The van der Waals surface area contributed by atoms with Gasteiger partial charge in [-0.2, -0.15) is 0 Å². The summed E-state index contributed by atoms with van der Waals surface area (Å²) in [6.07, 6.45) is 1.83. The van der Waals surface area contributed by atoms with Crippen LogP contribution in [-0.4, -0.2) is 13.5 Å². The Balaban J connectivity index is 2.43. The Bertz CT molecular complexity index is 746.